The summed E-state index contributed by atoms with van der Waals surface area (Å²) in [6.45, 7) is 2.53. The average Bonchev–Trinajstić information content (AvgIpc) is 2.37. The first-order valence-electron chi connectivity index (χ1n) is 5.83. The number of hydrogen-bond acceptors (Lipinski definition) is 4. The van der Waals surface area contributed by atoms with Crippen molar-refractivity contribution < 1.29 is 24.2 Å². The largest absolute Gasteiger partial charge is 0.477 e. The van der Waals surface area contributed by atoms with Crippen LogP contribution in [0.1, 0.15) is 13.8 Å². The zero-order valence-corrected chi connectivity index (χ0v) is 14.4. The number of alkyl carbamates (subject to hydrolysis) is 1. The summed E-state index contributed by atoms with van der Waals surface area (Å²) in [5.74, 6) is -1.97. The number of alkyl halides is 4. The summed E-state index contributed by atoms with van der Waals surface area (Å²) in [6, 6.07) is -1.13. The number of halogens is 4. The number of hydrogen-bond donors (Lipinski definition) is 2. The van der Waals surface area contributed by atoms with Gasteiger partial charge in [-0.2, -0.15) is 0 Å². The van der Waals surface area contributed by atoms with Crippen LogP contribution in [0.4, 0.5) is 4.79 Å². The van der Waals surface area contributed by atoms with E-state index in [4.69, 9.17) is 51.5 Å². The van der Waals surface area contributed by atoms with Gasteiger partial charge in [0.2, 0.25) is 3.79 Å². The van der Waals surface area contributed by atoms with Crippen molar-refractivity contribution in [3.05, 3.63) is 11.3 Å². The molecule has 2 N–H and O–H groups in total. The molecule has 11 heteroatoms. The lowest BCUT2D eigenvalue weighted by molar-refractivity contribution is -0.149. The highest BCUT2D eigenvalue weighted by molar-refractivity contribution is 6.67. The number of β-lactam (4-membered cyclic amide) rings is 1. The molecule has 0 radical (unpaired) electrons. The maximum atomic E-state index is 12.0. The van der Waals surface area contributed by atoms with Gasteiger partial charge in [-0.15, -0.1) is 0 Å². The van der Waals surface area contributed by atoms with E-state index < -0.39 is 39.9 Å². The molecule has 124 valence electrons. The molecule has 0 aromatic rings. The molecule has 1 saturated heterocycles. The Morgan fingerprint density at radius 3 is 2.27 bits per heavy atom. The lowest BCUT2D eigenvalue weighted by Crippen LogP contribution is -2.68. The topological polar surface area (TPSA) is 95.9 Å². The number of carbonyl (C=O) groups is 3. The third kappa shape index (κ3) is 4.55. The van der Waals surface area contributed by atoms with Crippen LogP contribution in [0.5, 0.6) is 0 Å². The molecule has 0 saturated carbocycles. The van der Waals surface area contributed by atoms with Gasteiger partial charge >= 0.3 is 12.1 Å². The number of carboxylic acid groups (broad SMARTS) is 1. The highest BCUT2D eigenvalue weighted by Gasteiger charge is 2.51. The summed E-state index contributed by atoms with van der Waals surface area (Å²) in [4.78, 5) is 35.4. The number of carbonyl (C=O) groups excluding carboxylic acids is 2. The maximum Gasteiger partial charge on any atom is 0.408 e. The SMILES string of the molecule is CC(C)=C(C(=O)O)N1C(=O)[C@H](NC(=O)OCC(Cl)(Cl)Cl)[C@H]1Cl. The third-order valence-corrected chi connectivity index (χ3v) is 3.36. The fraction of sp³-hybridized carbons (Fsp3) is 0.545. The van der Waals surface area contributed by atoms with E-state index >= 15 is 0 Å². The minimum atomic E-state index is -1.79. The number of rotatable bonds is 4. The van der Waals surface area contributed by atoms with Gasteiger partial charge < -0.3 is 15.2 Å². The minimum Gasteiger partial charge on any atom is -0.477 e. The fourth-order valence-corrected chi connectivity index (χ4v) is 2.22. The van der Waals surface area contributed by atoms with Gasteiger partial charge in [-0.05, 0) is 19.4 Å². The lowest BCUT2D eigenvalue weighted by Gasteiger charge is -2.43. The van der Waals surface area contributed by atoms with Gasteiger partial charge in [-0.25, -0.2) is 9.59 Å². The van der Waals surface area contributed by atoms with Crippen molar-refractivity contribution in [1.29, 1.82) is 0 Å². The molecule has 2 amide bonds. The van der Waals surface area contributed by atoms with Crippen LogP contribution in [-0.4, -0.2) is 49.9 Å². The number of allylic oxidation sites excluding steroid dienone is 1. The molecule has 1 heterocycles. The summed E-state index contributed by atoms with van der Waals surface area (Å²) < 4.78 is 2.81. The normalized spacial score (nSPS) is 21.0. The second-order valence-electron chi connectivity index (χ2n) is 4.55. The summed E-state index contributed by atoms with van der Waals surface area (Å²) >= 11 is 22.2. The Balaban J connectivity index is 2.68. The standard InChI is InChI=1S/C11H12Cl4N2O5/c1-4(2)6(9(19)20)17-7(12)5(8(17)18)16-10(21)22-3-11(13,14)15/h5,7H,3H2,1-2H3,(H,16,21)(H,19,20)/t5-,7+/m1/s1. The van der Waals surface area contributed by atoms with Gasteiger partial charge in [0.15, 0.2) is 0 Å². The van der Waals surface area contributed by atoms with Gasteiger partial charge in [0.05, 0.1) is 0 Å². The Labute approximate surface area is 146 Å². The summed E-state index contributed by atoms with van der Waals surface area (Å²) in [5, 5.41) is 11.3. The van der Waals surface area contributed by atoms with E-state index in [-0.39, 0.29) is 5.70 Å². The molecule has 0 aromatic heterocycles. The maximum absolute atomic E-state index is 12.0. The van der Waals surface area contributed by atoms with E-state index in [0.29, 0.717) is 5.57 Å². The average molecular weight is 394 g/mol. The Kier molecular flexibility index (Phi) is 6.20. The zero-order chi connectivity index (χ0) is 17.2. The molecule has 2 atom stereocenters. The van der Waals surface area contributed by atoms with Crippen molar-refractivity contribution in [3.8, 4) is 0 Å². The highest BCUT2D eigenvalue weighted by Crippen LogP contribution is 2.30. The van der Waals surface area contributed by atoms with Crippen molar-refractivity contribution >= 4 is 64.4 Å². The molecular formula is C11H12Cl4N2O5. The molecule has 1 rings (SSSR count). The van der Waals surface area contributed by atoms with Gasteiger partial charge in [0, 0.05) is 0 Å². The van der Waals surface area contributed by atoms with Gasteiger partial charge in [0.1, 0.15) is 23.8 Å². The molecule has 0 spiro atoms. The minimum absolute atomic E-state index is 0.238. The molecular weight excluding hydrogens is 382 g/mol. The fourth-order valence-electron chi connectivity index (χ4n) is 1.69. The summed E-state index contributed by atoms with van der Waals surface area (Å²) in [5.41, 5.74) is -0.907. The van der Waals surface area contributed by atoms with Crippen molar-refractivity contribution in [2.45, 2.75) is 29.2 Å². The molecule has 7 nitrogen and oxygen atoms in total. The second kappa shape index (κ2) is 7.12. The van der Waals surface area contributed by atoms with Crippen LogP contribution in [0.3, 0.4) is 0 Å². The number of amides is 2. The third-order valence-electron chi connectivity index (χ3n) is 2.58. The first-order chi connectivity index (χ1) is 9.95. The van der Waals surface area contributed by atoms with Crippen molar-refractivity contribution in [3.63, 3.8) is 0 Å². The molecule has 1 aliphatic rings. The Hall–Kier alpha value is -0.890. The zero-order valence-electron chi connectivity index (χ0n) is 11.4. The van der Waals surface area contributed by atoms with Crippen molar-refractivity contribution in [2.75, 3.05) is 6.61 Å². The van der Waals surface area contributed by atoms with Crippen LogP contribution in [0.25, 0.3) is 0 Å². The number of likely N-dealkylation sites (tertiary alicyclic amines) is 1. The molecule has 0 bridgehead atoms. The predicted molar refractivity (Wildman–Crippen MR) is 81.1 cm³/mol. The van der Waals surface area contributed by atoms with Crippen LogP contribution in [0, 0.1) is 0 Å². The number of aliphatic carboxylic acids is 1. The van der Waals surface area contributed by atoms with Crippen molar-refractivity contribution in [1.82, 2.24) is 10.2 Å². The highest BCUT2D eigenvalue weighted by atomic mass is 35.6. The molecule has 0 aliphatic carbocycles. The van der Waals surface area contributed by atoms with Crippen LogP contribution >= 0.6 is 46.4 Å². The van der Waals surface area contributed by atoms with E-state index in [0.717, 1.165) is 4.90 Å². The predicted octanol–water partition coefficient (Wildman–Crippen LogP) is 2.24. The number of carboxylic acids is 1. The second-order valence-corrected chi connectivity index (χ2v) is 7.51. The first kappa shape index (κ1) is 19.2. The van der Waals surface area contributed by atoms with E-state index in [9.17, 15) is 14.4 Å². The lowest BCUT2D eigenvalue weighted by atomic mass is 10.0. The number of ether oxygens (including phenoxy) is 1. The number of nitrogens with one attached hydrogen (secondary N) is 1. The molecule has 0 aromatic carbocycles. The van der Waals surface area contributed by atoms with Gasteiger partial charge in [-0.3, -0.25) is 9.69 Å². The van der Waals surface area contributed by atoms with Crippen molar-refractivity contribution in [2.24, 2.45) is 0 Å². The molecule has 1 aliphatic heterocycles. The monoisotopic (exact) mass is 392 g/mol. The Bertz CT molecular complexity index is 527. The smallest absolute Gasteiger partial charge is 0.408 e. The molecule has 0 unspecified atom stereocenters. The quantitative estimate of drug-likeness (QED) is 0.330. The Morgan fingerprint density at radius 1 is 1.36 bits per heavy atom. The summed E-state index contributed by atoms with van der Waals surface area (Å²) in [7, 11) is 0. The van der Waals surface area contributed by atoms with Crippen LogP contribution in [0.15, 0.2) is 11.3 Å². The first-order valence-corrected chi connectivity index (χ1v) is 7.40. The van der Waals surface area contributed by atoms with Gasteiger partial charge in [-0.1, -0.05) is 46.4 Å². The summed E-state index contributed by atoms with van der Waals surface area (Å²) in [6.07, 6.45) is -1.01. The van der Waals surface area contributed by atoms with E-state index in [1.165, 1.54) is 13.8 Å². The van der Waals surface area contributed by atoms with E-state index in [2.05, 4.69) is 10.1 Å². The van der Waals surface area contributed by atoms with Gasteiger partial charge in [0.25, 0.3) is 5.91 Å². The van der Waals surface area contributed by atoms with Crippen LogP contribution in [-0.2, 0) is 14.3 Å². The number of nitrogens with zero attached hydrogens (tertiary/aromatic N) is 1. The van der Waals surface area contributed by atoms with E-state index in [1.807, 2.05) is 0 Å². The molecule has 1 fully saturated rings. The van der Waals surface area contributed by atoms with Crippen LogP contribution in [0.2, 0.25) is 0 Å². The van der Waals surface area contributed by atoms with E-state index in [1.54, 1.807) is 0 Å². The Morgan fingerprint density at radius 2 is 1.91 bits per heavy atom. The van der Waals surface area contributed by atoms with Crippen LogP contribution < -0.4 is 5.32 Å². The molecule has 22 heavy (non-hydrogen) atoms.